The molecule has 2 aliphatic rings. The Kier molecular flexibility index (Phi) is 6.05. The van der Waals surface area contributed by atoms with Crippen LogP contribution in [0.4, 0.5) is 0 Å². The number of hydrogen-bond donors (Lipinski definition) is 0. The lowest BCUT2D eigenvalue weighted by Crippen LogP contribution is -2.20. The average molecular weight is 689 g/mol. The lowest BCUT2D eigenvalue weighted by Gasteiger charge is -2.32. The van der Waals surface area contributed by atoms with Crippen LogP contribution in [0.15, 0.2) is 186 Å². The van der Waals surface area contributed by atoms with E-state index in [1.165, 1.54) is 65.6 Å². The van der Waals surface area contributed by atoms with Gasteiger partial charge in [0, 0.05) is 32.7 Å². The maximum Gasteiger partial charge on any atom is 0.123 e. The van der Waals surface area contributed by atoms with Crippen molar-refractivity contribution in [2.75, 3.05) is 0 Å². The third-order valence-corrected chi connectivity index (χ3v) is 11.2. The molecule has 0 aliphatic carbocycles. The van der Waals surface area contributed by atoms with Gasteiger partial charge >= 0.3 is 0 Å². The topological polar surface area (TPSA) is 48.7 Å². The molecule has 0 fully saturated rings. The number of benzene rings is 8. The molecule has 5 nitrogen and oxygen atoms in total. The molecule has 2 aromatic heterocycles. The van der Waals surface area contributed by atoms with Gasteiger partial charge in [0.1, 0.15) is 5.96 Å². The van der Waals surface area contributed by atoms with E-state index in [0.717, 1.165) is 27.8 Å². The molecule has 12 rings (SSSR count). The molecule has 0 saturated heterocycles. The van der Waals surface area contributed by atoms with Crippen molar-refractivity contribution in [1.82, 2.24) is 9.13 Å². The summed E-state index contributed by atoms with van der Waals surface area (Å²) in [6, 6.07) is 62.8. The van der Waals surface area contributed by atoms with E-state index < -0.39 is 6.17 Å². The average Bonchev–Trinajstić information content (AvgIpc) is 3.73. The second-order valence-corrected chi connectivity index (χ2v) is 14.1. The fourth-order valence-electron chi connectivity index (χ4n) is 8.97. The van der Waals surface area contributed by atoms with Gasteiger partial charge < -0.3 is 14.9 Å². The van der Waals surface area contributed by atoms with E-state index in [2.05, 4.69) is 149 Å². The van der Waals surface area contributed by atoms with Gasteiger partial charge in [0.05, 0.1) is 33.9 Å². The molecular weight excluding hydrogens is 659 g/mol. The van der Waals surface area contributed by atoms with Gasteiger partial charge in [-0.25, -0.2) is 0 Å². The zero-order valence-electron chi connectivity index (χ0n) is 29.1. The minimum Gasteiger partial charge on any atom is -0.438 e. The molecule has 2 aliphatic heterocycles. The van der Waals surface area contributed by atoms with Crippen LogP contribution in [0.1, 0.15) is 17.3 Å². The fourth-order valence-corrected chi connectivity index (χ4v) is 8.97. The quantitative estimate of drug-likeness (QED) is 0.174. The molecule has 0 spiro atoms. The largest absolute Gasteiger partial charge is 0.438 e. The maximum atomic E-state index is 5.34. The van der Waals surface area contributed by atoms with Gasteiger partial charge in [0.2, 0.25) is 0 Å². The van der Waals surface area contributed by atoms with E-state index in [1.807, 2.05) is 36.4 Å². The summed E-state index contributed by atoms with van der Waals surface area (Å²) >= 11 is 0. The van der Waals surface area contributed by atoms with Crippen molar-refractivity contribution < 1.29 is 0 Å². The molecule has 0 bridgehead atoms. The van der Waals surface area contributed by atoms with Crippen LogP contribution < -0.4 is 0 Å². The molecule has 8 aromatic carbocycles. The Bertz CT molecular complexity index is 3240. The number of hydrogen-bond acceptors (Lipinski definition) is 2. The van der Waals surface area contributed by atoms with Crippen molar-refractivity contribution in [2.45, 2.75) is 6.17 Å². The predicted molar refractivity (Wildman–Crippen MR) is 224 cm³/mol. The maximum absolute atomic E-state index is 5.34. The third-order valence-electron chi connectivity index (χ3n) is 11.2. The zero-order chi connectivity index (χ0) is 35.3. The normalized spacial score (nSPS) is 14.9. The molecular formula is C49H30N5-. The first-order chi connectivity index (χ1) is 26.8. The molecule has 54 heavy (non-hydrogen) atoms. The first-order valence-electron chi connectivity index (χ1n) is 18.4. The van der Waals surface area contributed by atoms with Crippen LogP contribution in [-0.2, 0) is 0 Å². The van der Waals surface area contributed by atoms with Crippen LogP contribution >= 0.6 is 0 Å². The van der Waals surface area contributed by atoms with Gasteiger partial charge in [0.25, 0.3) is 0 Å². The molecule has 0 radical (unpaired) electrons. The van der Waals surface area contributed by atoms with Crippen LogP contribution in [0.2, 0.25) is 0 Å². The molecule has 0 N–H and O–H groups in total. The van der Waals surface area contributed by atoms with E-state index in [0.29, 0.717) is 11.8 Å². The lowest BCUT2D eigenvalue weighted by molar-refractivity contribution is 0.864. The van der Waals surface area contributed by atoms with Gasteiger partial charge in [-0.15, -0.1) is 0 Å². The van der Waals surface area contributed by atoms with Crippen LogP contribution in [0.5, 0.6) is 0 Å². The molecule has 252 valence electrons. The van der Waals surface area contributed by atoms with Crippen molar-refractivity contribution in [2.24, 2.45) is 9.98 Å². The first-order valence-corrected chi connectivity index (χ1v) is 18.4. The number of fused-ring (bicyclic) bond motifs is 14. The highest BCUT2D eigenvalue weighted by atomic mass is 15.3. The number of para-hydroxylation sites is 2. The number of amidine groups is 1. The Morgan fingerprint density at radius 3 is 2.00 bits per heavy atom. The highest BCUT2D eigenvalue weighted by Crippen LogP contribution is 2.51. The highest BCUT2D eigenvalue weighted by molar-refractivity contribution is 6.30. The van der Waals surface area contributed by atoms with Crippen molar-refractivity contribution >= 4 is 66.2 Å². The summed E-state index contributed by atoms with van der Waals surface area (Å²) in [4.78, 5) is 10.6. The number of aliphatic imine (C=N–C) groups is 2. The van der Waals surface area contributed by atoms with Gasteiger partial charge in [0.15, 0.2) is 0 Å². The van der Waals surface area contributed by atoms with E-state index in [-0.39, 0.29) is 0 Å². The minimum atomic E-state index is -0.447. The van der Waals surface area contributed by atoms with Crippen molar-refractivity contribution in [3.05, 3.63) is 192 Å². The van der Waals surface area contributed by atoms with E-state index in [4.69, 9.17) is 15.3 Å². The van der Waals surface area contributed by atoms with Gasteiger partial charge in [-0.05, 0) is 57.3 Å². The van der Waals surface area contributed by atoms with Gasteiger partial charge in [-0.1, -0.05) is 157 Å². The van der Waals surface area contributed by atoms with Gasteiger partial charge in [-0.3, -0.25) is 9.56 Å². The smallest absolute Gasteiger partial charge is 0.123 e. The van der Waals surface area contributed by atoms with Crippen LogP contribution in [-0.4, -0.2) is 20.9 Å². The van der Waals surface area contributed by atoms with Crippen molar-refractivity contribution in [3.8, 4) is 27.9 Å². The summed E-state index contributed by atoms with van der Waals surface area (Å²) in [5.41, 5.74) is 12.6. The first kappa shape index (κ1) is 29.3. The lowest BCUT2D eigenvalue weighted by atomic mass is 9.90. The highest BCUT2D eigenvalue weighted by Gasteiger charge is 2.29. The predicted octanol–water partition coefficient (Wildman–Crippen LogP) is 12.4. The minimum absolute atomic E-state index is 0.447. The number of nitrogens with zero attached hydrogens (tertiary/aromatic N) is 5. The fraction of sp³-hybridized carbons (Fsp3) is 0.0204. The Labute approximate surface area is 310 Å². The molecule has 1 unspecified atom stereocenters. The van der Waals surface area contributed by atoms with E-state index >= 15 is 0 Å². The van der Waals surface area contributed by atoms with E-state index in [9.17, 15) is 0 Å². The Balaban J connectivity index is 1.26. The van der Waals surface area contributed by atoms with Crippen molar-refractivity contribution in [1.29, 1.82) is 0 Å². The van der Waals surface area contributed by atoms with Crippen LogP contribution in [0, 0.1) is 0 Å². The SMILES string of the molecule is c1ccc(C2=NC(n3c4ccc5c(c4c4c6ccccc6ccc43)-c3ccccc3-c3cccc4c6ccccc6n-5c34)=NC(c3ccccc3)[N-]2)cc1. The van der Waals surface area contributed by atoms with E-state index in [1.54, 1.807) is 0 Å². The number of aromatic nitrogens is 2. The molecule has 0 saturated carbocycles. The number of rotatable bonds is 2. The summed E-state index contributed by atoms with van der Waals surface area (Å²) in [5.74, 6) is 1.29. The van der Waals surface area contributed by atoms with Gasteiger partial charge in [-0.2, -0.15) is 0 Å². The summed E-state index contributed by atoms with van der Waals surface area (Å²) in [5, 5.41) is 12.4. The summed E-state index contributed by atoms with van der Waals surface area (Å²) in [7, 11) is 0. The summed E-state index contributed by atoms with van der Waals surface area (Å²) in [6.45, 7) is 0. The second-order valence-electron chi connectivity index (χ2n) is 14.1. The Morgan fingerprint density at radius 2 is 1.13 bits per heavy atom. The summed E-state index contributed by atoms with van der Waals surface area (Å²) in [6.07, 6.45) is -0.447. The Morgan fingerprint density at radius 1 is 0.463 bits per heavy atom. The summed E-state index contributed by atoms with van der Waals surface area (Å²) < 4.78 is 4.77. The molecule has 0 amide bonds. The molecule has 5 heteroatoms. The molecule has 4 heterocycles. The van der Waals surface area contributed by atoms with Crippen LogP contribution in [0.3, 0.4) is 0 Å². The third kappa shape index (κ3) is 4.03. The van der Waals surface area contributed by atoms with Crippen molar-refractivity contribution in [3.63, 3.8) is 0 Å². The molecule has 1 atom stereocenters. The Hall–Kier alpha value is -7.24. The monoisotopic (exact) mass is 688 g/mol. The van der Waals surface area contributed by atoms with Crippen LogP contribution in [0.25, 0.3) is 87.6 Å². The standard InChI is InChI=1S/C49H30N5/c1-3-15-31(16-4-1)47-50-48(32-17-5-2-6-18-32)52-49(51-47)54-41-27-26-30-14-7-8-19-33(30)43(41)45-42(54)29-28-40-44(45)36-22-10-9-20-34(36)37-23-13-24-38-35-21-11-12-25-39(35)53(40)46(37)38/h1-29,47H/q-1. The zero-order valence-corrected chi connectivity index (χ0v) is 29.1. The second kappa shape index (κ2) is 11.1. The molecule has 10 aromatic rings.